The minimum absolute atomic E-state index is 0.0457. The van der Waals surface area contributed by atoms with Crippen molar-refractivity contribution in [3.8, 4) is 0 Å². The number of hydrogen-bond acceptors (Lipinski definition) is 1. The van der Waals surface area contributed by atoms with Gasteiger partial charge in [-0.25, -0.2) is 17.6 Å². The van der Waals surface area contributed by atoms with Crippen molar-refractivity contribution in [1.82, 2.24) is 0 Å². The first kappa shape index (κ1) is 15.4. The van der Waals surface area contributed by atoms with E-state index in [0.29, 0.717) is 25.7 Å². The maximum Gasteiger partial charge on any atom is 0.193 e. The Morgan fingerprint density at radius 1 is 0.708 bits per heavy atom. The molecule has 0 bridgehead atoms. The van der Waals surface area contributed by atoms with Crippen LogP contribution >= 0.6 is 0 Å². The highest BCUT2D eigenvalue weighted by Gasteiger charge is 2.36. The van der Waals surface area contributed by atoms with Crippen molar-refractivity contribution < 1.29 is 22.4 Å². The molecule has 0 spiro atoms. The molecular weight excluding hydrogens is 320 g/mol. The first-order valence-corrected chi connectivity index (χ1v) is 7.99. The van der Waals surface area contributed by atoms with Crippen LogP contribution in [0.3, 0.4) is 0 Å². The van der Waals surface area contributed by atoms with E-state index in [-0.39, 0.29) is 34.1 Å². The van der Waals surface area contributed by atoms with Gasteiger partial charge in [-0.3, -0.25) is 4.79 Å². The quantitative estimate of drug-likeness (QED) is 0.553. The standard InChI is InChI=1S/C19H14F4O/c20-13-7-5-11(15(17(13)22)9-1-2-9)19(24)12-6-8-14(21)18(23)16(12)10-3-4-10/h5-10H,1-4H2. The fourth-order valence-corrected chi connectivity index (χ4v) is 3.22. The molecule has 124 valence electrons. The summed E-state index contributed by atoms with van der Waals surface area (Å²) < 4.78 is 55.5. The van der Waals surface area contributed by atoms with Crippen LogP contribution in [0.1, 0.15) is 64.6 Å². The van der Waals surface area contributed by atoms with Gasteiger partial charge in [0.2, 0.25) is 0 Å². The predicted octanol–water partition coefficient (Wildman–Crippen LogP) is 5.23. The minimum atomic E-state index is -1.01. The zero-order valence-corrected chi connectivity index (χ0v) is 12.7. The number of benzene rings is 2. The molecule has 2 aromatic carbocycles. The highest BCUT2D eigenvalue weighted by atomic mass is 19.2. The molecule has 4 rings (SSSR count). The highest BCUT2D eigenvalue weighted by molar-refractivity contribution is 6.11. The summed E-state index contributed by atoms with van der Waals surface area (Å²) in [4.78, 5) is 12.9. The van der Waals surface area contributed by atoms with Gasteiger partial charge in [-0.1, -0.05) is 0 Å². The van der Waals surface area contributed by atoms with Gasteiger partial charge in [0.25, 0.3) is 0 Å². The molecule has 2 aromatic rings. The molecule has 0 amide bonds. The van der Waals surface area contributed by atoms with Gasteiger partial charge >= 0.3 is 0 Å². The molecule has 0 aliphatic heterocycles. The average molecular weight is 334 g/mol. The third-order valence-corrected chi connectivity index (χ3v) is 4.73. The molecule has 5 heteroatoms. The van der Waals surface area contributed by atoms with Crippen LogP contribution in [-0.2, 0) is 0 Å². The molecule has 0 radical (unpaired) electrons. The smallest absolute Gasteiger partial charge is 0.193 e. The van der Waals surface area contributed by atoms with Crippen LogP contribution in [-0.4, -0.2) is 5.78 Å². The second-order valence-electron chi connectivity index (χ2n) is 6.52. The van der Waals surface area contributed by atoms with E-state index in [4.69, 9.17) is 0 Å². The highest BCUT2D eigenvalue weighted by Crippen LogP contribution is 2.46. The summed E-state index contributed by atoms with van der Waals surface area (Å²) in [7, 11) is 0. The number of carbonyl (C=O) groups is 1. The van der Waals surface area contributed by atoms with Gasteiger partial charge in [-0.15, -0.1) is 0 Å². The summed E-state index contributed by atoms with van der Waals surface area (Å²) >= 11 is 0. The molecule has 2 saturated carbocycles. The van der Waals surface area contributed by atoms with Gasteiger partial charge in [-0.2, -0.15) is 0 Å². The van der Waals surface area contributed by atoms with Crippen LogP contribution in [0.2, 0.25) is 0 Å². The number of halogens is 4. The summed E-state index contributed by atoms with van der Waals surface area (Å²) in [5.41, 5.74) is 0.214. The lowest BCUT2D eigenvalue weighted by Crippen LogP contribution is -2.12. The van der Waals surface area contributed by atoms with Crippen molar-refractivity contribution >= 4 is 5.78 Å². The van der Waals surface area contributed by atoms with Crippen LogP contribution in [0, 0.1) is 23.3 Å². The fourth-order valence-electron chi connectivity index (χ4n) is 3.22. The van der Waals surface area contributed by atoms with Gasteiger partial charge in [0, 0.05) is 22.3 Å². The molecule has 2 fully saturated rings. The maximum absolute atomic E-state index is 14.2. The summed E-state index contributed by atoms with van der Waals surface area (Å²) in [6.45, 7) is 0. The second-order valence-corrected chi connectivity index (χ2v) is 6.52. The SMILES string of the molecule is O=C(c1ccc(F)c(F)c1C1CC1)c1ccc(F)c(F)c1C1CC1. The van der Waals surface area contributed by atoms with Crippen molar-refractivity contribution in [1.29, 1.82) is 0 Å². The summed E-state index contributed by atoms with van der Waals surface area (Å²) in [6, 6.07) is 4.30. The first-order chi connectivity index (χ1) is 11.5. The van der Waals surface area contributed by atoms with E-state index >= 15 is 0 Å². The van der Waals surface area contributed by atoms with Gasteiger partial charge in [-0.05, 0) is 61.8 Å². The normalized spacial score (nSPS) is 17.2. The minimum Gasteiger partial charge on any atom is -0.289 e. The average Bonchev–Trinajstić information content (AvgIpc) is 3.44. The van der Waals surface area contributed by atoms with Crippen LogP contribution in [0.5, 0.6) is 0 Å². The van der Waals surface area contributed by atoms with Gasteiger partial charge in [0.15, 0.2) is 29.1 Å². The maximum atomic E-state index is 14.2. The Balaban J connectivity index is 1.86. The van der Waals surface area contributed by atoms with E-state index in [1.807, 2.05) is 0 Å². The second kappa shape index (κ2) is 5.43. The zero-order chi connectivity index (χ0) is 17.0. The summed E-state index contributed by atoms with van der Waals surface area (Å²) in [6.07, 6.45) is 2.75. The first-order valence-electron chi connectivity index (χ1n) is 7.99. The monoisotopic (exact) mass is 334 g/mol. The number of carbonyl (C=O) groups excluding carboxylic acids is 1. The molecule has 1 nitrogen and oxygen atoms in total. The van der Waals surface area contributed by atoms with Crippen molar-refractivity contribution in [2.45, 2.75) is 37.5 Å². The van der Waals surface area contributed by atoms with Gasteiger partial charge in [0.1, 0.15) is 0 Å². The summed E-state index contributed by atoms with van der Waals surface area (Å²) in [5.74, 6) is -4.97. The van der Waals surface area contributed by atoms with Crippen molar-refractivity contribution in [3.05, 3.63) is 69.8 Å². The molecule has 0 unspecified atom stereocenters. The third kappa shape index (κ3) is 2.43. The van der Waals surface area contributed by atoms with E-state index in [9.17, 15) is 22.4 Å². The molecule has 2 aliphatic rings. The number of ketones is 1. The predicted molar refractivity (Wildman–Crippen MR) is 80.1 cm³/mol. The molecular formula is C19H14F4O. The van der Waals surface area contributed by atoms with E-state index in [1.165, 1.54) is 12.1 Å². The van der Waals surface area contributed by atoms with Crippen LogP contribution < -0.4 is 0 Å². The lowest BCUT2D eigenvalue weighted by molar-refractivity contribution is 0.103. The van der Waals surface area contributed by atoms with Crippen LogP contribution in [0.25, 0.3) is 0 Å². The molecule has 2 aliphatic carbocycles. The molecule has 0 aromatic heterocycles. The molecule has 0 saturated heterocycles. The fraction of sp³-hybridized carbons (Fsp3) is 0.316. The largest absolute Gasteiger partial charge is 0.289 e. The third-order valence-electron chi connectivity index (χ3n) is 4.73. The van der Waals surface area contributed by atoms with Crippen molar-refractivity contribution in [3.63, 3.8) is 0 Å². The molecule has 0 N–H and O–H groups in total. The molecule has 24 heavy (non-hydrogen) atoms. The Hall–Kier alpha value is -2.17. The van der Waals surface area contributed by atoms with Crippen LogP contribution in [0.15, 0.2) is 24.3 Å². The topological polar surface area (TPSA) is 17.1 Å². The Kier molecular flexibility index (Phi) is 3.48. The number of rotatable bonds is 4. The molecule has 0 heterocycles. The van der Waals surface area contributed by atoms with Gasteiger partial charge < -0.3 is 0 Å². The Morgan fingerprint density at radius 2 is 1.08 bits per heavy atom. The lowest BCUT2D eigenvalue weighted by Gasteiger charge is -2.13. The summed E-state index contributed by atoms with van der Waals surface area (Å²) in [5, 5.41) is 0. The van der Waals surface area contributed by atoms with E-state index in [2.05, 4.69) is 0 Å². The van der Waals surface area contributed by atoms with E-state index in [0.717, 1.165) is 12.1 Å². The lowest BCUT2D eigenvalue weighted by atomic mass is 9.91. The van der Waals surface area contributed by atoms with Crippen molar-refractivity contribution in [2.24, 2.45) is 0 Å². The Morgan fingerprint density at radius 3 is 1.42 bits per heavy atom. The number of hydrogen-bond donors (Lipinski definition) is 0. The Labute approximate surface area is 136 Å². The zero-order valence-electron chi connectivity index (χ0n) is 12.7. The van der Waals surface area contributed by atoms with E-state index in [1.54, 1.807) is 0 Å². The van der Waals surface area contributed by atoms with Crippen molar-refractivity contribution in [2.75, 3.05) is 0 Å². The Bertz CT molecular complexity index is 781. The van der Waals surface area contributed by atoms with E-state index < -0.39 is 29.1 Å². The van der Waals surface area contributed by atoms with Gasteiger partial charge in [0.05, 0.1) is 0 Å². The van der Waals surface area contributed by atoms with Crippen LogP contribution in [0.4, 0.5) is 17.6 Å². The molecule has 0 atom stereocenters.